The molecule has 1 aliphatic rings. The van der Waals surface area contributed by atoms with Gasteiger partial charge in [-0.15, -0.1) is 0 Å². The third-order valence-electron chi connectivity index (χ3n) is 4.85. The summed E-state index contributed by atoms with van der Waals surface area (Å²) in [6.07, 6.45) is 5.46. The highest BCUT2D eigenvalue weighted by atomic mass is 35.5. The van der Waals surface area contributed by atoms with Gasteiger partial charge >= 0.3 is 0 Å². The van der Waals surface area contributed by atoms with Crippen LogP contribution in [0.4, 0.5) is 0 Å². The van der Waals surface area contributed by atoms with Crippen molar-refractivity contribution in [3.8, 4) is 0 Å². The quantitative estimate of drug-likeness (QED) is 0.832. The number of benzene rings is 1. The fraction of sp³-hybridized carbons (Fsp3) is 0.667. The second-order valence-corrected chi connectivity index (χ2v) is 7.01. The van der Waals surface area contributed by atoms with Crippen LogP contribution in [0.3, 0.4) is 0 Å². The number of hydrogen-bond acceptors (Lipinski definition) is 2. The molecule has 2 nitrogen and oxygen atoms in total. The van der Waals surface area contributed by atoms with Gasteiger partial charge in [-0.2, -0.15) is 0 Å². The summed E-state index contributed by atoms with van der Waals surface area (Å²) in [7, 11) is 2.18. The van der Waals surface area contributed by atoms with Crippen molar-refractivity contribution in [2.24, 2.45) is 5.92 Å². The molecule has 2 rings (SSSR count). The van der Waals surface area contributed by atoms with E-state index in [4.69, 9.17) is 11.6 Å². The minimum atomic E-state index is 0.353. The number of likely N-dealkylation sites (N-methyl/N-ethyl adjacent to an activating group) is 1. The number of nitrogens with zero attached hydrogens (tertiary/aromatic N) is 1. The van der Waals surface area contributed by atoms with Crippen molar-refractivity contribution in [1.82, 2.24) is 10.2 Å². The summed E-state index contributed by atoms with van der Waals surface area (Å²) in [6, 6.07) is 9.23. The molecule has 1 aromatic carbocycles. The van der Waals surface area contributed by atoms with Crippen molar-refractivity contribution < 1.29 is 0 Å². The van der Waals surface area contributed by atoms with Gasteiger partial charge in [-0.25, -0.2) is 0 Å². The largest absolute Gasteiger partial charge is 0.313 e. The Morgan fingerprint density at radius 3 is 2.81 bits per heavy atom. The van der Waals surface area contributed by atoms with Crippen LogP contribution in [0.5, 0.6) is 0 Å². The van der Waals surface area contributed by atoms with Gasteiger partial charge in [0.05, 0.1) is 0 Å². The molecule has 0 radical (unpaired) electrons. The maximum Gasteiger partial charge on any atom is 0.0453 e. The van der Waals surface area contributed by atoms with Crippen molar-refractivity contribution in [2.45, 2.75) is 51.6 Å². The molecule has 0 amide bonds. The van der Waals surface area contributed by atoms with E-state index in [1.165, 1.54) is 31.2 Å². The Kier molecular flexibility index (Phi) is 6.53. The van der Waals surface area contributed by atoms with E-state index in [0.717, 1.165) is 30.1 Å². The minimum Gasteiger partial charge on any atom is -0.313 e. The molecule has 0 aliphatic heterocycles. The number of hydrogen-bond donors (Lipinski definition) is 1. The second kappa shape index (κ2) is 8.17. The summed E-state index contributed by atoms with van der Waals surface area (Å²) < 4.78 is 0. The fourth-order valence-corrected chi connectivity index (χ4v) is 3.60. The first-order valence-corrected chi connectivity index (χ1v) is 8.63. The lowest BCUT2D eigenvalue weighted by atomic mass is 9.87. The van der Waals surface area contributed by atoms with Crippen molar-refractivity contribution in [3.05, 3.63) is 34.9 Å². The van der Waals surface area contributed by atoms with E-state index in [0.29, 0.717) is 6.04 Å². The molecule has 1 aliphatic carbocycles. The van der Waals surface area contributed by atoms with E-state index < -0.39 is 0 Å². The molecule has 0 heterocycles. The van der Waals surface area contributed by atoms with Crippen LogP contribution < -0.4 is 5.32 Å². The van der Waals surface area contributed by atoms with Crippen LogP contribution >= 0.6 is 11.6 Å². The molecule has 0 saturated heterocycles. The summed E-state index contributed by atoms with van der Waals surface area (Å²) in [5, 5.41) is 4.60. The maximum atomic E-state index is 6.29. The predicted octanol–water partition coefficient (Wildman–Crippen LogP) is 4.50. The Morgan fingerprint density at radius 1 is 1.33 bits per heavy atom. The van der Waals surface area contributed by atoms with Crippen LogP contribution in [0.25, 0.3) is 0 Å². The Labute approximate surface area is 134 Å². The first kappa shape index (κ1) is 16.8. The number of halogens is 1. The second-order valence-electron chi connectivity index (χ2n) is 6.60. The van der Waals surface area contributed by atoms with Gasteiger partial charge in [0, 0.05) is 30.2 Å². The summed E-state index contributed by atoms with van der Waals surface area (Å²) in [6.45, 7) is 6.71. The lowest BCUT2D eigenvalue weighted by Crippen LogP contribution is -2.38. The molecular formula is C18H29ClN2. The van der Waals surface area contributed by atoms with Gasteiger partial charge in [0.25, 0.3) is 0 Å². The smallest absolute Gasteiger partial charge is 0.0453 e. The highest BCUT2D eigenvalue weighted by Gasteiger charge is 2.19. The van der Waals surface area contributed by atoms with E-state index >= 15 is 0 Å². The molecule has 0 spiro atoms. The highest BCUT2D eigenvalue weighted by molar-refractivity contribution is 6.31. The van der Waals surface area contributed by atoms with Gasteiger partial charge in [-0.3, -0.25) is 4.90 Å². The van der Waals surface area contributed by atoms with Gasteiger partial charge < -0.3 is 5.32 Å². The number of nitrogens with one attached hydrogen (secondary N) is 1. The van der Waals surface area contributed by atoms with Crippen molar-refractivity contribution in [1.29, 1.82) is 0 Å². The molecule has 118 valence electrons. The predicted molar refractivity (Wildman–Crippen MR) is 91.9 cm³/mol. The molecule has 3 unspecified atom stereocenters. The van der Waals surface area contributed by atoms with Gasteiger partial charge in [0.15, 0.2) is 0 Å². The molecule has 1 aromatic rings. The zero-order valence-corrected chi connectivity index (χ0v) is 14.4. The van der Waals surface area contributed by atoms with Gasteiger partial charge in [-0.05, 0) is 44.4 Å². The third-order valence-corrected chi connectivity index (χ3v) is 5.19. The SMILES string of the molecule is CC1CCCC(NCCN(C)C(C)c2ccccc2Cl)C1. The Bertz CT molecular complexity index is 435. The lowest BCUT2D eigenvalue weighted by molar-refractivity contribution is 0.242. The van der Waals surface area contributed by atoms with E-state index in [2.05, 4.69) is 43.2 Å². The zero-order valence-electron chi connectivity index (χ0n) is 13.6. The van der Waals surface area contributed by atoms with Gasteiger partial charge in [0.2, 0.25) is 0 Å². The van der Waals surface area contributed by atoms with E-state index in [9.17, 15) is 0 Å². The topological polar surface area (TPSA) is 15.3 Å². The molecule has 0 bridgehead atoms. The maximum absolute atomic E-state index is 6.29. The third kappa shape index (κ3) is 4.98. The summed E-state index contributed by atoms with van der Waals surface area (Å²) >= 11 is 6.29. The van der Waals surface area contributed by atoms with Crippen molar-refractivity contribution >= 4 is 11.6 Å². The standard InChI is InChI=1S/C18H29ClN2/c1-14-7-6-8-16(13-14)20-11-12-21(3)15(2)17-9-4-5-10-18(17)19/h4-5,9-10,14-16,20H,6-8,11-13H2,1-3H3. The van der Waals surface area contributed by atoms with Crippen LogP contribution in [-0.2, 0) is 0 Å². The number of rotatable bonds is 6. The Hall–Kier alpha value is -0.570. The fourth-order valence-electron chi connectivity index (χ4n) is 3.31. The summed E-state index contributed by atoms with van der Waals surface area (Å²) in [5.41, 5.74) is 1.22. The molecule has 3 atom stereocenters. The first-order chi connectivity index (χ1) is 10.1. The average Bonchev–Trinajstić information content (AvgIpc) is 2.47. The molecule has 0 aromatic heterocycles. The molecule has 21 heavy (non-hydrogen) atoms. The van der Waals surface area contributed by atoms with Crippen LogP contribution in [0.15, 0.2) is 24.3 Å². The molecule has 1 N–H and O–H groups in total. The monoisotopic (exact) mass is 308 g/mol. The van der Waals surface area contributed by atoms with Crippen LogP contribution in [-0.4, -0.2) is 31.1 Å². The molecular weight excluding hydrogens is 280 g/mol. The minimum absolute atomic E-state index is 0.353. The van der Waals surface area contributed by atoms with E-state index in [-0.39, 0.29) is 0 Å². The molecule has 1 fully saturated rings. The van der Waals surface area contributed by atoms with Crippen LogP contribution in [0, 0.1) is 5.92 Å². The lowest BCUT2D eigenvalue weighted by Gasteiger charge is -2.30. The average molecular weight is 309 g/mol. The van der Waals surface area contributed by atoms with Gasteiger partial charge in [0.1, 0.15) is 0 Å². The van der Waals surface area contributed by atoms with Crippen LogP contribution in [0.2, 0.25) is 5.02 Å². The van der Waals surface area contributed by atoms with Crippen LogP contribution in [0.1, 0.15) is 51.1 Å². The Balaban J connectivity index is 1.76. The zero-order chi connectivity index (χ0) is 15.2. The summed E-state index contributed by atoms with van der Waals surface area (Å²) in [5.74, 6) is 0.885. The normalized spacial score (nSPS) is 24.2. The van der Waals surface area contributed by atoms with E-state index in [1.54, 1.807) is 0 Å². The van der Waals surface area contributed by atoms with Crippen molar-refractivity contribution in [3.63, 3.8) is 0 Å². The summed E-state index contributed by atoms with van der Waals surface area (Å²) in [4.78, 5) is 2.38. The van der Waals surface area contributed by atoms with Gasteiger partial charge in [-0.1, -0.05) is 49.6 Å². The Morgan fingerprint density at radius 2 is 2.10 bits per heavy atom. The molecule has 3 heteroatoms. The first-order valence-electron chi connectivity index (χ1n) is 8.26. The molecule has 1 saturated carbocycles. The highest BCUT2D eigenvalue weighted by Crippen LogP contribution is 2.26. The van der Waals surface area contributed by atoms with Crippen molar-refractivity contribution in [2.75, 3.05) is 20.1 Å². The van der Waals surface area contributed by atoms with E-state index in [1.807, 2.05) is 12.1 Å².